The first-order valence-electron chi connectivity index (χ1n) is 5.63. The van der Waals surface area contributed by atoms with Gasteiger partial charge in [0.25, 0.3) is 0 Å². The minimum atomic E-state index is -1.28. The number of hydrogen-bond acceptors (Lipinski definition) is 5. The zero-order chi connectivity index (χ0) is 13.4. The Kier molecular flexibility index (Phi) is 4.17. The molecule has 0 fully saturated rings. The third kappa shape index (κ3) is 2.45. The maximum Gasteiger partial charge on any atom is 1.00 e. The van der Waals surface area contributed by atoms with Gasteiger partial charge in [0.15, 0.2) is 5.65 Å². The first-order chi connectivity index (χ1) is 9.16. The van der Waals surface area contributed by atoms with E-state index >= 15 is 0 Å². The largest absolute Gasteiger partial charge is 1.00 e. The van der Waals surface area contributed by atoms with Crippen LogP contribution in [0, 0.1) is 6.92 Å². The van der Waals surface area contributed by atoms with E-state index in [1.165, 1.54) is 16.8 Å². The second-order valence-corrected chi connectivity index (χ2v) is 4.12. The molecule has 0 amide bonds. The van der Waals surface area contributed by atoms with Gasteiger partial charge in [-0.25, -0.2) is 9.50 Å². The summed E-state index contributed by atoms with van der Waals surface area (Å²) in [5.74, 6) is -1.28. The van der Waals surface area contributed by atoms with Crippen molar-refractivity contribution in [1.29, 1.82) is 0 Å². The van der Waals surface area contributed by atoms with Crippen molar-refractivity contribution < 1.29 is 39.5 Å². The molecule has 0 spiro atoms. The van der Waals surface area contributed by atoms with Gasteiger partial charge in [0, 0.05) is 35.9 Å². The third-order valence-corrected chi connectivity index (χ3v) is 2.89. The minimum absolute atomic E-state index is 0. The van der Waals surface area contributed by atoms with E-state index < -0.39 is 5.97 Å². The number of aromatic carboxylic acids is 1. The molecule has 0 N–H and O–H groups in total. The summed E-state index contributed by atoms with van der Waals surface area (Å²) in [4.78, 5) is 19.2. The minimum Gasteiger partial charge on any atom is -0.545 e. The molecule has 3 heterocycles. The van der Waals surface area contributed by atoms with Gasteiger partial charge in [-0.3, -0.25) is 4.98 Å². The van der Waals surface area contributed by atoms with E-state index in [2.05, 4.69) is 15.1 Å². The summed E-state index contributed by atoms with van der Waals surface area (Å²) in [5, 5.41) is 15.5. The van der Waals surface area contributed by atoms with Crippen LogP contribution in [-0.2, 0) is 0 Å². The van der Waals surface area contributed by atoms with Crippen LogP contribution in [-0.4, -0.2) is 25.6 Å². The van der Waals surface area contributed by atoms with Crippen LogP contribution < -0.4 is 34.7 Å². The van der Waals surface area contributed by atoms with Crippen LogP contribution in [0.1, 0.15) is 15.9 Å². The fourth-order valence-corrected chi connectivity index (χ4v) is 1.93. The number of imidazole rings is 1. The maximum absolute atomic E-state index is 11.2. The normalized spacial score (nSPS) is 10.2. The average molecular weight is 276 g/mol. The molecule has 0 saturated carbocycles. The third-order valence-electron chi connectivity index (χ3n) is 2.89. The fourth-order valence-electron chi connectivity index (χ4n) is 1.93. The molecule has 3 aromatic rings. The van der Waals surface area contributed by atoms with Crippen LogP contribution in [0.5, 0.6) is 0 Å². The summed E-state index contributed by atoms with van der Waals surface area (Å²) in [7, 11) is 0. The number of nitrogens with zero attached hydrogens (tertiary/aromatic N) is 4. The summed E-state index contributed by atoms with van der Waals surface area (Å²) in [5.41, 5.74) is 2.55. The Morgan fingerprint density at radius 1 is 1.35 bits per heavy atom. The molecular weight excluding hydrogens is 267 g/mol. The molecular formula is C13H9N4NaO2. The second kappa shape index (κ2) is 5.70. The van der Waals surface area contributed by atoms with Crippen LogP contribution >= 0.6 is 0 Å². The quantitative estimate of drug-likeness (QED) is 0.482. The van der Waals surface area contributed by atoms with Crippen molar-refractivity contribution in [3.8, 4) is 11.3 Å². The Labute approximate surface area is 136 Å². The van der Waals surface area contributed by atoms with Crippen LogP contribution in [0.2, 0.25) is 0 Å². The number of aryl methyl sites for hydroxylation is 1. The molecule has 3 aromatic heterocycles. The molecule has 20 heavy (non-hydrogen) atoms. The van der Waals surface area contributed by atoms with Gasteiger partial charge < -0.3 is 9.90 Å². The monoisotopic (exact) mass is 276 g/mol. The number of carbonyl (C=O) groups excluding carboxylic acids is 1. The molecule has 0 saturated heterocycles. The van der Waals surface area contributed by atoms with Crippen molar-refractivity contribution in [2.45, 2.75) is 6.92 Å². The van der Waals surface area contributed by atoms with E-state index in [4.69, 9.17) is 0 Å². The van der Waals surface area contributed by atoms with Crippen LogP contribution in [0.25, 0.3) is 16.9 Å². The fraction of sp³-hybridized carbons (Fsp3) is 0.0769. The standard InChI is InChI=1S/C13H10N4O2.Na/c1-8-2-3-14-7-10(8)11-6-9(13(18)19)12-15-4-5-17(12)16-11;/h2-7H,1H3,(H,18,19);/q;+1/p-1. The smallest absolute Gasteiger partial charge is 0.545 e. The average Bonchev–Trinajstić information content (AvgIpc) is 2.86. The molecule has 0 atom stereocenters. The van der Waals surface area contributed by atoms with Gasteiger partial charge in [-0.2, -0.15) is 5.10 Å². The number of aromatic nitrogens is 4. The molecule has 6 nitrogen and oxygen atoms in total. The Bertz CT molecular complexity index is 785. The molecule has 0 bridgehead atoms. The number of rotatable bonds is 2. The number of carboxylic acids is 1. The van der Waals surface area contributed by atoms with E-state index in [0.717, 1.165) is 11.1 Å². The van der Waals surface area contributed by atoms with Gasteiger partial charge in [-0.1, -0.05) is 0 Å². The molecule has 94 valence electrons. The first-order valence-corrected chi connectivity index (χ1v) is 5.63. The van der Waals surface area contributed by atoms with Gasteiger partial charge in [-0.05, 0) is 24.6 Å². The van der Waals surface area contributed by atoms with E-state index in [0.29, 0.717) is 5.69 Å². The van der Waals surface area contributed by atoms with Gasteiger partial charge in [-0.15, -0.1) is 0 Å². The van der Waals surface area contributed by atoms with E-state index in [1.54, 1.807) is 18.6 Å². The van der Waals surface area contributed by atoms with Crippen molar-refractivity contribution in [2.75, 3.05) is 0 Å². The van der Waals surface area contributed by atoms with Crippen LogP contribution in [0.4, 0.5) is 0 Å². The van der Waals surface area contributed by atoms with Gasteiger partial charge >= 0.3 is 29.6 Å². The molecule has 0 aliphatic carbocycles. The molecule has 0 aromatic carbocycles. The second-order valence-electron chi connectivity index (χ2n) is 4.12. The topological polar surface area (TPSA) is 83.2 Å². The molecule has 0 unspecified atom stereocenters. The van der Waals surface area contributed by atoms with Crippen molar-refractivity contribution in [3.05, 3.63) is 48.0 Å². The summed E-state index contributed by atoms with van der Waals surface area (Å²) in [6.07, 6.45) is 6.42. The van der Waals surface area contributed by atoms with Crippen molar-refractivity contribution in [1.82, 2.24) is 19.6 Å². The molecule has 0 radical (unpaired) electrons. The zero-order valence-electron chi connectivity index (χ0n) is 11.1. The van der Waals surface area contributed by atoms with Crippen molar-refractivity contribution >= 4 is 11.6 Å². The maximum atomic E-state index is 11.2. The summed E-state index contributed by atoms with van der Waals surface area (Å²) >= 11 is 0. The van der Waals surface area contributed by atoms with E-state index in [9.17, 15) is 9.90 Å². The van der Waals surface area contributed by atoms with Gasteiger partial charge in [0.05, 0.1) is 11.7 Å². The van der Waals surface area contributed by atoms with Gasteiger partial charge in [0.1, 0.15) is 0 Å². The Balaban J connectivity index is 0.00000147. The predicted molar refractivity (Wildman–Crippen MR) is 65.3 cm³/mol. The molecule has 7 heteroatoms. The Morgan fingerprint density at radius 2 is 2.15 bits per heavy atom. The Hall–Kier alpha value is -1.76. The van der Waals surface area contributed by atoms with Gasteiger partial charge in [0.2, 0.25) is 0 Å². The van der Waals surface area contributed by atoms with Crippen molar-refractivity contribution in [2.24, 2.45) is 0 Å². The number of pyridine rings is 1. The van der Waals surface area contributed by atoms with Crippen molar-refractivity contribution in [3.63, 3.8) is 0 Å². The van der Waals surface area contributed by atoms with E-state index in [-0.39, 0.29) is 40.8 Å². The van der Waals surface area contributed by atoms with E-state index in [1.807, 2.05) is 13.0 Å². The first kappa shape index (κ1) is 14.6. The molecule has 0 aliphatic rings. The summed E-state index contributed by atoms with van der Waals surface area (Å²) < 4.78 is 1.42. The van der Waals surface area contributed by atoms with Crippen LogP contribution in [0.3, 0.4) is 0 Å². The number of fused-ring (bicyclic) bond motifs is 1. The van der Waals surface area contributed by atoms with Crippen LogP contribution in [0.15, 0.2) is 36.9 Å². The molecule has 0 aliphatic heterocycles. The number of carboxylic acid groups (broad SMARTS) is 1. The summed E-state index contributed by atoms with van der Waals surface area (Å²) in [6, 6.07) is 3.30. The Morgan fingerprint density at radius 3 is 2.85 bits per heavy atom. The number of hydrogen-bond donors (Lipinski definition) is 0. The predicted octanol–water partition coefficient (Wildman–Crippen LogP) is -2.53. The molecule has 3 rings (SSSR count). The SMILES string of the molecule is Cc1ccncc1-c1cc(C(=O)[O-])c2nccn2n1.[Na+]. The zero-order valence-corrected chi connectivity index (χ0v) is 13.1. The summed E-state index contributed by atoms with van der Waals surface area (Å²) in [6.45, 7) is 1.91. The number of carbonyl (C=O) groups is 1.